The lowest BCUT2D eigenvalue weighted by Crippen LogP contribution is -2.15. The van der Waals surface area contributed by atoms with E-state index in [4.69, 9.17) is 5.11 Å². The highest BCUT2D eigenvalue weighted by atomic mass is 16.4. The molecule has 0 aromatic carbocycles. The van der Waals surface area contributed by atoms with Crippen molar-refractivity contribution < 1.29 is 9.90 Å². The molecule has 2 N–H and O–H groups in total. The maximum absolute atomic E-state index is 10.6. The van der Waals surface area contributed by atoms with Crippen LogP contribution in [0.2, 0.25) is 0 Å². The van der Waals surface area contributed by atoms with Crippen LogP contribution < -0.4 is 5.56 Å². The smallest absolute Gasteiger partial charge is 0.341 e. The van der Waals surface area contributed by atoms with Crippen molar-refractivity contribution in [3.05, 3.63) is 34.2 Å². The summed E-state index contributed by atoms with van der Waals surface area (Å²) >= 11 is 0. The summed E-state index contributed by atoms with van der Waals surface area (Å²) in [4.78, 5) is 23.1. The van der Waals surface area contributed by atoms with Gasteiger partial charge >= 0.3 is 5.97 Å². The van der Waals surface area contributed by atoms with Crippen LogP contribution in [0.25, 0.3) is 0 Å². The van der Waals surface area contributed by atoms with Crippen LogP contribution in [-0.4, -0.2) is 16.1 Å². The Labute approximate surface area is 94.3 Å². The first-order valence-corrected chi connectivity index (χ1v) is 5.63. The zero-order valence-corrected chi connectivity index (χ0v) is 9.24. The summed E-state index contributed by atoms with van der Waals surface area (Å²) < 4.78 is 0. The maximum atomic E-state index is 10.6. The van der Waals surface area contributed by atoms with Crippen LogP contribution in [0.5, 0.6) is 0 Å². The standard InChI is InChI=1S/C6H5NO3.C6H12/c8-5-4(6(9)10)2-1-3-7-5;1-2-4-6-5-3-1/h1-3H,(H,7,8)(H,9,10);1-6H2. The van der Waals surface area contributed by atoms with E-state index in [0.717, 1.165) is 0 Å². The highest BCUT2D eigenvalue weighted by Gasteiger charge is 2.04. The number of carboxylic acid groups (broad SMARTS) is 1. The Morgan fingerprint density at radius 3 is 1.94 bits per heavy atom. The summed E-state index contributed by atoms with van der Waals surface area (Å²) in [7, 11) is 0. The van der Waals surface area contributed by atoms with Crippen LogP contribution in [0.3, 0.4) is 0 Å². The highest BCUT2D eigenvalue weighted by Crippen LogP contribution is 2.15. The number of carboxylic acids is 1. The molecule has 1 saturated carbocycles. The van der Waals surface area contributed by atoms with Gasteiger partial charge in [0.2, 0.25) is 0 Å². The van der Waals surface area contributed by atoms with E-state index < -0.39 is 11.5 Å². The molecule has 0 amide bonds. The molecule has 4 heteroatoms. The van der Waals surface area contributed by atoms with E-state index in [0.29, 0.717) is 0 Å². The van der Waals surface area contributed by atoms with Gasteiger partial charge in [-0.1, -0.05) is 38.5 Å². The molecule has 0 saturated heterocycles. The van der Waals surface area contributed by atoms with Crippen molar-refractivity contribution >= 4 is 5.97 Å². The van der Waals surface area contributed by atoms with Gasteiger partial charge in [-0.05, 0) is 12.1 Å². The monoisotopic (exact) mass is 223 g/mol. The van der Waals surface area contributed by atoms with E-state index in [1.165, 1.54) is 56.9 Å². The largest absolute Gasteiger partial charge is 0.477 e. The van der Waals surface area contributed by atoms with Gasteiger partial charge in [-0.15, -0.1) is 0 Å². The fourth-order valence-corrected chi connectivity index (χ4v) is 1.65. The summed E-state index contributed by atoms with van der Waals surface area (Å²) in [6.45, 7) is 0. The first kappa shape index (κ1) is 12.5. The van der Waals surface area contributed by atoms with Gasteiger partial charge in [0.1, 0.15) is 5.56 Å². The molecule has 0 atom stereocenters. The molecule has 2 rings (SSSR count). The number of aromatic amines is 1. The van der Waals surface area contributed by atoms with Crippen LogP contribution in [0.15, 0.2) is 23.1 Å². The molecular weight excluding hydrogens is 206 g/mol. The van der Waals surface area contributed by atoms with E-state index in [1.54, 1.807) is 0 Å². The number of aromatic nitrogens is 1. The number of aromatic carboxylic acids is 1. The molecule has 88 valence electrons. The fraction of sp³-hybridized carbons (Fsp3) is 0.500. The molecule has 0 unspecified atom stereocenters. The van der Waals surface area contributed by atoms with Crippen molar-refractivity contribution in [1.82, 2.24) is 4.98 Å². The molecule has 16 heavy (non-hydrogen) atoms. The molecule has 0 spiro atoms. The van der Waals surface area contributed by atoms with E-state index in [1.807, 2.05) is 0 Å². The number of H-pyrrole nitrogens is 1. The lowest BCUT2D eigenvalue weighted by atomic mass is 10.0. The number of rotatable bonds is 1. The van der Waals surface area contributed by atoms with E-state index in [-0.39, 0.29) is 5.56 Å². The quantitative estimate of drug-likeness (QED) is 0.768. The van der Waals surface area contributed by atoms with Crippen molar-refractivity contribution in [1.29, 1.82) is 0 Å². The minimum absolute atomic E-state index is 0.234. The van der Waals surface area contributed by atoms with Crippen LogP contribution >= 0.6 is 0 Å². The molecule has 4 nitrogen and oxygen atoms in total. The van der Waals surface area contributed by atoms with Crippen molar-refractivity contribution in [2.75, 3.05) is 0 Å². The molecule has 0 radical (unpaired) electrons. The maximum Gasteiger partial charge on any atom is 0.341 e. The van der Waals surface area contributed by atoms with Gasteiger partial charge in [-0.3, -0.25) is 4.79 Å². The Bertz CT molecular complexity index is 368. The Kier molecular flexibility index (Phi) is 5.32. The minimum atomic E-state index is -1.21. The van der Waals surface area contributed by atoms with Crippen molar-refractivity contribution in [2.45, 2.75) is 38.5 Å². The first-order chi connectivity index (χ1) is 7.72. The van der Waals surface area contributed by atoms with Crippen molar-refractivity contribution in [3.63, 3.8) is 0 Å². The van der Waals surface area contributed by atoms with Crippen molar-refractivity contribution in [3.8, 4) is 0 Å². The second-order valence-corrected chi connectivity index (χ2v) is 3.84. The Balaban J connectivity index is 0.000000181. The third-order valence-corrected chi connectivity index (χ3v) is 2.55. The lowest BCUT2D eigenvalue weighted by Gasteiger charge is -2.05. The Morgan fingerprint density at radius 1 is 1.12 bits per heavy atom. The second kappa shape index (κ2) is 6.82. The van der Waals surface area contributed by atoms with Crippen LogP contribution in [-0.2, 0) is 0 Å². The van der Waals surface area contributed by atoms with Gasteiger partial charge in [-0.2, -0.15) is 0 Å². The zero-order chi connectivity index (χ0) is 11.8. The first-order valence-electron chi connectivity index (χ1n) is 5.63. The topological polar surface area (TPSA) is 70.2 Å². The molecule has 1 heterocycles. The number of nitrogens with one attached hydrogen (secondary N) is 1. The van der Waals surface area contributed by atoms with Gasteiger partial charge in [0.15, 0.2) is 0 Å². The summed E-state index contributed by atoms with van der Waals surface area (Å²) in [5, 5.41) is 8.35. The van der Waals surface area contributed by atoms with Crippen LogP contribution in [0, 0.1) is 0 Å². The lowest BCUT2D eigenvalue weighted by molar-refractivity contribution is 0.0695. The summed E-state index contributed by atoms with van der Waals surface area (Å²) in [5.74, 6) is -1.21. The van der Waals surface area contributed by atoms with Crippen LogP contribution in [0.4, 0.5) is 0 Å². The van der Waals surface area contributed by atoms with Gasteiger partial charge in [-0.25, -0.2) is 4.79 Å². The van der Waals surface area contributed by atoms with E-state index >= 15 is 0 Å². The number of pyridine rings is 1. The molecule has 0 bridgehead atoms. The zero-order valence-electron chi connectivity index (χ0n) is 9.24. The highest BCUT2D eigenvalue weighted by molar-refractivity contribution is 5.86. The molecular formula is C12H17NO3. The van der Waals surface area contributed by atoms with Crippen molar-refractivity contribution in [2.24, 2.45) is 0 Å². The minimum Gasteiger partial charge on any atom is -0.477 e. The molecule has 1 fully saturated rings. The fourth-order valence-electron chi connectivity index (χ4n) is 1.65. The molecule has 1 aliphatic carbocycles. The third-order valence-electron chi connectivity index (χ3n) is 2.55. The Morgan fingerprint density at radius 2 is 1.62 bits per heavy atom. The number of hydrogen-bond acceptors (Lipinski definition) is 2. The predicted molar refractivity (Wildman–Crippen MR) is 61.7 cm³/mol. The van der Waals surface area contributed by atoms with Crippen LogP contribution in [0.1, 0.15) is 48.9 Å². The van der Waals surface area contributed by atoms with Gasteiger partial charge < -0.3 is 10.1 Å². The number of carbonyl (C=O) groups is 1. The van der Waals surface area contributed by atoms with E-state index in [2.05, 4.69) is 4.98 Å². The molecule has 1 aromatic heterocycles. The molecule has 1 aliphatic rings. The third kappa shape index (κ3) is 4.29. The van der Waals surface area contributed by atoms with Gasteiger partial charge in [0, 0.05) is 6.20 Å². The summed E-state index contributed by atoms with van der Waals surface area (Å²) in [5.41, 5.74) is -0.808. The summed E-state index contributed by atoms with van der Waals surface area (Å²) in [6.07, 6.45) is 10.4. The second-order valence-electron chi connectivity index (χ2n) is 3.84. The van der Waals surface area contributed by atoms with E-state index in [9.17, 15) is 9.59 Å². The SMILES string of the molecule is C1CCCCC1.O=C(O)c1ccc[nH]c1=O. The summed E-state index contributed by atoms with van der Waals surface area (Å²) in [6, 6.07) is 2.71. The predicted octanol–water partition coefficient (Wildman–Crippen LogP) is 2.41. The average Bonchev–Trinajstić information content (AvgIpc) is 2.32. The van der Waals surface area contributed by atoms with Gasteiger partial charge in [0.25, 0.3) is 5.56 Å². The average molecular weight is 223 g/mol. The number of hydrogen-bond donors (Lipinski definition) is 2. The molecule has 0 aliphatic heterocycles. The Hall–Kier alpha value is -1.58. The van der Waals surface area contributed by atoms with Gasteiger partial charge in [0.05, 0.1) is 0 Å². The molecule has 1 aromatic rings. The normalized spacial score (nSPS) is 14.8.